The highest BCUT2D eigenvalue weighted by atomic mass is 32.2. The molecule has 1 aromatic carbocycles. The zero-order valence-corrected chi connectivity index (χ0v) is 16.1. The van der Waals surface area contributed by atoms with E-state index in [1.165, 1.54) is 17.3 Å². The number of hydrogen-bond donors (Lipinski definition) is 1. The van der Waals surface area contributed by atoms with E-state index in [9.17, 15) is 4.79 Å². The Kier molecular flexibility index (Phi) is 5.18. The topological polar surface area (TPSA) is 73.0 Å². The number of benzene rings is 1. The summed E-state index contributed by atoms with van der Waals surface area (Å²) < 4.78 is 7.41. The van der Waals surface area contributed by atoms with Crippen molar-refractivity contribution < 1.29 is 9.21 Å². The first-order valence-electron chi connectivity index (χ1n) is 8.34. The molecule has 1 N–H and O–H groups in total. The average Bonchev–Trinajstić information content (AvgIpc) is 3.21. The van der Waals surface area contributed by atoms with Gasteiger partial charge in [0.15, 0.2) is 10.9 Å². The van der Waals surface area contributed by atoms with Crippen LogP contribution in [0.15, 0.2) is 52.2 Å². The molecule has 0 saturated heterocycles. The van der Waals surface area contributed by atoms with Gasteiger partial charge in [0.1, 0.15) is 0 Å². The summed E-state index contributed by atoms with van der Waals surface area (Å²) in [6.07, 6.45) is 1.60. The van der Waals surface area contributed by atoms with Crippen LogP contribution in [0.5, 0.6) is 0 Å². The van der Waals surface area contributed by atoms with Crippen molar-refractivity contribution in [2.24, 2.45) is 0 Å². The van der Waals surface area contributed by atoms with Gasteiger partial charge in [-0.25, -0.2) is 0 Å². The molecule has 0 aliphatic rings. The number of nitrogens with zero attached hydrogens (tertiary/aromatic N) is 3. The third-order valence-corrected chi connectivity index (χ3v) is 4.44. The summed E-state index contributed by atoms with van der Waals surface area (Å²) in [5.41, 5.74) is 1.83. The molecule has 26 heavy (non-hydrogen) atoms. The van der Waals surface area contributed by atoms with Crippen molar-refractivity contribution in [3.8, 4) is 17.3 Å². The van der Waals surface area contributed by atoms with Gasteiger partial charge >= 0.3 is 0 Å². The Bertz CT molecular complexity index is 877. The minimum atomic E-state index is -0.262. The van der Waals surface area contributed by atoms with E-state index < -0.39 is 0 Å². The van der Waals surface area contributed by atoms with Gasteiger partial charge < -0.3 is 9.73 Å². The van der Waals surface area contributed by atoms with E-state index in [0.717, 1.165) is 5.69 Å². The van der Waals surface area contributed by atoms with Crippen molar-refractivity contribution in [2.45, 2.75) is 38.4 Å². The van der Waals surface area contributed by atoms with Crippen molar-refractivity contribution in [3.05, 3.63) is 48.2 Å². The standard InChI is InChI=1S/C19H22N4O2S/c1-13-7-9-14(10-8-13)23-17(15-6-5-11-25-15)21-22-18(23)26-12-16(24)20-19(2,3)4/h5-11H,12H2,1-4H3,(H,20,24). The molecule has 1 amide bonds. The number of amides is 1. The van der Waals surface area contributed by atoms with Gasteiger partial charge in [0.2, 0.25) is 11.7 Å². The quantitative estimate of drug-likeness (QED) is 0.691. The molecular weight excluding hydrogens is 348 g/mol. The smallest absolute Gasteiger partial charge is 0.230 e. The van der Waals surface area contributed by atoms with E-state index in [1.54, 1.807) is 6.26 Å². The van der Waals surface area contributed by atoms with E-state index in [0.29, 0.717) is 16.7 Å². The van der Waals surface area contributed by atoms with Crippen LogP contribution in [0.3, 0.4) is 0 Å². The zero-order valence-electron chi connectivity index (χ0n) is 15.3. The van der Waals surface area contributed by atoms with Crippen molar-refractivity contribution in [1.82, 2.24) is 20.1 Å². The number of thioether (sulfide) groups is 1. The second-order valence-corrected chi connectivity index (χ2v) is 7.98. The molecule has 0 radical (unpaired) electrons. The first-order valence-corrected chi connectivity index (χ1v) is 9.32. The molecule has 6 nitrogen and oxygen atoms in total. The Labute approximate surface area is 157 Å². The highest BCUT2D eigenvalue weighted by Gasteiger charge is 2.20. The van der Waals surface area contributed by atoms with Crippen LogP contribution in [0, 0.1) is 6.92 Å². The summed E-state index contributed by atoms with van der Waals surface area (Å²) >= 11 is 1.35. The second-order valence-electron chi connectivity index (χ2n) is 7.04. The third kappa shape index (κ3) is 4.35. The van der Waals surface area contributed by atoms with Gasteiger partial charge in [0.05, 0.1) is 12.0 Å². The Morgan fingerprint density at radius 1 is 1.19 bits per heavy atom. The van der Waals surface area contributed by atoms with E-state index in [4.69, 9.17) is 4.42 Å². The highest BCUT2D eigenvalue weighted by Crippen LogP contribution is 2.28. The molecule has 7 heteroatoms. The molecule has 3 rings (SSSR count). The van der Waals surface area contributed by atoms with E-state index in [2.05, 4.69) is 15.5 Å². The third-order valence-electron chi connectivity index (χ3n) is 3.51. The van der Waals surface area contributed by atoms with Crippen LogP contribution in [0.1, 0.15) is 26.3 Å². The molecule has 0 aliphatic carbocycles. The van der Waals surface area contributed by atoms with Gasteiger partial charge in [-0.2, -0.15) is 0 Å². The van der Waals surface area contributed by atoms with Crippen LogP contribution in [-0.4, -0.2) is 32.0 Å². The van der Waals surface area contributed by atoms with Crippen molar-refractivity contribution in [1.29, 1.82) is 0 Å². The summed E-state index contributed by atoms with van der Waals surface area (Å²) in [4.78, 5) is 12.2. The average molecular weight is 370 g/mol. The Morgan fingerprint density at radius 3 is 2.54 bits per heavy atom. The Morgan fingerprint density at radius 2 is 1.92 bits per heavy atom. The van der Waals surface area contributed by atoms with Crippen molar-refractivity contribution in [3.63, 3.8) is 0 Å². The molecule has 0 bridgehead atoms. The molecule has 2 aromatic heterocycles. The monoisotopic (exact) mass is 370 g/mol. The number of nitrogens with one attached hydrogen (secondary N) is 1. The second kappa shape index (κ2) is 7.37. The lowest BCUT2D eigenvalue weighted by molar-refractivity contribution is -0.119. The van der Waals surface area contributed by atoms with Crippen LogP contribution in [0.2, 0.25) is 0 Å². The molecule has 0 saturated carbocycles. The van der Waals surface area contributed by atoms with E-state index >= 15 is 0 Å². The molecule has 0 aliphatic heterocycles. The van der Waals surface area contributed by atoms with E-state index in [-0.39, 0.29) is 17.2 Å². The maximum absolute atomic E-state index is 12.2. The minimum Gasteiger partial charge on any atom is -0.461 e. The summed E-state index contributed by atoms with van der Waals surface area (Å²) in [6, 6.07) is 11.7. The van der Waals surface area contributed by atoms with Gasteiger partial charge in [0.25, 0.3) is 0 Å². The predicted molar refractivity (Wildman–Crippen MR) is 102 cm³/mol. The fourth-order valence-corrected chi connectivity index (χ4v) is 3.19. The number of aromatic nitrogens is 3. The van der Waals surface area contributed by atoms with Crippen LogP contribution in [0.4, 0.5) is 0 Å². The highest BCUT2D eigenvalue weighted by molar-refractivity contribution is 7.99. The zero-order chi connectivity index (χ0) is 18.7. The predicted octanol–water partition coefficient (Wildman–Crippen LogP) is 3.84. The molecular formula is C19H22N4O2S. The van der Waals surface area contributed by atoms with Crippen LogP contribution in [0.25, 0.3) is 17.3 Å². The van der Waals surface area contributed by atoms with Gasteiger partial charge in [-0.3, -0.25) is 9.36 Å². The van der Waals surface area contributed by atoms with Gasteiger partial charge in [-0.1, -0.05) is 29.5 Å². The number of aryl methyl sites for hydroxylation is 1. The van der Waals surface area contributed by atoms with E-state index in [1.807, 2.05) is 68.7 Å². The summed E-state index contributed by atoms with van der Waals surface area (Å²) in [5.74, 6) is 1.46. The fourth-order valence-electron chi connectivity index (χ4n) is 2.44. The van der Waals surface area contributed by atoms with Crippen LogP contribution in [-0.2, 0) is 4.79 Å². The lowest BCUT2D eigenvalue weighted by Gasteiger charge is -2.20. The lowest BCUT2D eigenvalue weighted by Crippen LogP contribution is -2.41. The summed E-state index contributed by atoms with van der Waals surface area (Å²) in [5, 5.41) is 12.1. The fraction of sp³-hybridized carbons (Fsp3) is 0.316. The maximum atomic E-state index is 12.2. The summed E-state index contributed by atoms with van der Waals surface area (Å²) in [6.45, 7) is 7.91. The van der Waals surface area contributed by atoms with Crippen molar-refractivity contribution in [2.75, 3.05) is 5.75 Å². The molecule has 0 unspecified atom stereocenters. The normalized spacial score (nSPS) is 11.5. The van der Waals surface area contributed by atoms with Gasteiger partial charge in [-0.15, -0.1) is 10.2 Å². The maximum Gasteiger partial charge on any atom is 0.230 e. The van der Waals surface area contributed by atoms with Gasteiger partial charge in [-0.05, 0) is 52.0 Å². The molecule has 0 atom stereocenters. The lowest BCUT2D eigenvalue weighted by atomic mass is 10.1. The first kappa shape index (κ1) is 18.3. The first-order chi connectivity index (χ1) is 12.3. The number of rotatable bonds is 5. The molecule has 3 aromatic rings. The molecule has 2 heterocycles. The summed E-state index contributed by atoms with van der Waals surface area (Å²) in [7, 11) is 0. The van der Waals surface area contributed by atoms with Crippen LogP contribution < -0.4 is 5.32 Å². The number of hydrogen-bond acceptors (Lipinski definition) is 5. The Hall–Kier alpha value is -2.54. The molecule has 0 fully saturated rings. The SMILES string of the molecule is Cc1ccc(-n2c(SCC(=O)NC(C)(C)C)nnc2-c2ccco2)cc1. The minimum absolute atomic E-state index is 0.0412. The largest absolute Gasteiger partial charge is 0.461 e. The Balaban J connectivity index is 1.90. The molecule has 0 spiro atoms. The number of furan rings is 1. The number of carbonyl (C=O) groups is 1. The van der Waals surface area contributed by atoms with Crippen molar-refractivity contribution >= 4 is 17.7 Å². The van der Waals surface area contributed by atoms with Crippen LogP contribution >= 0.6 is 11.8 Å². The number of carbonyl (C=O) groups excluding carboxylic acids is 1. The van der Waals surface area contributed by atoms with Gasteiger partial charge in [0, 0.05) is 11.2 Å². The molecule has 136 valence electrons.